The number of hydrogen-bond donors (Lipinski definition) is 3. The Morgan fingerprint density at radius 3 is 2.76 bits per heavy atom. The zero-order valence-corrected chi connectivity index (χ0v) is 13.4. The number of hydrogen-bond acceptors (Lipinski definition) is 3. The SMILES string of the molecule is Cl.N[C@@H]1C[C@@H](C(=O)NCCc2ccccc2Cl)CC[C@H]1O. The van der Waals surface area contributed by atoms with Gasteiger partial charge in [0.2, 0.25) is 5.91 Å². The number of carbonyl (C=O) groups excluding carboxylic acids is 1. The van der Waals surface area contributed by atoms with Crippen molar-refractivity contribution in [2.45, 2.75) is 37.8 Å². The van der Waals surface area contributed by atoms with Gasteiger partial charge in [0.1, 0.15) is 0 Å². The van der Waals surface area contributed by atoms with E-state index < -0.39 is 6.10 Å². The molecule has 118 valence electrons. The van der Waals surface area contributed by atoms with Crippen LogP contribution in [0.5, 0.6) is 0 Å². The van der Waals surface area contributed by atoms with Gasteiger partial charge in [-0.3, -0.25) is 4.79 Å². The lowest BCUT2D eigenvalue weighted by Crippen LogP contribution is -2.45. The van der Waals surface area contributed by atoms with E-state index in [2.05, 4.69) is 5.32 Å². The highest BCUT2D eigenvalue weighted by molar-refractivity contribution is 6.31. The fourth-order valence-electron chi connectivity index (χ4n) is 2.59. The van der Waals surface area contributed by atoms with Crippen molar-refractivity contribution in [2.75, 3.05) is 6.54 Å². The average Bonchev–Trinajstić information content (AvgIpc) is 2.44. The van der Waals surface area contributed by atoms with E-state index in [4.69, 9.17) is 17.3 Å². The van der Waals surface area contributed by atoms with Crippen LogP contribution in [0.25, 0.3) is 0 Å². The topological polar surface area (TPSA) is 75.4 Å². The Balaban J connectivity index is 0.00000220. The van der Waals surface area contributed by atoms with Crippen LogP contribution in [0.1, 0.15) is 24.8 Å². The Kier molecular flexibility index (Phi) is 7.46. The molecule has 6 heteroatoms. The van der Waals surface area contributed by atoms with E-state index >= 15 is 0 Å². The zero-order chi connectivity index (χ0) is 14.5. The maximum Gasteiger partial charge on any atom is 0.223 e. The summed E-state index contributed by atoms with van der Waals surface area (Å²) in [4.78, 5) is 12.0. The van der Waals surface area contributed by atoms with Gasteiger partial charge in [-0.1, -0.05) is 29.8 Å². The van der Waals surface area contributed by atoms with Crippen molar-refractivity contribution in [1.82, 2.24) is 5.32 Å². The first-order valence-electron chi connectivity index (χ1n) is 7.02. The maximum absolute atomic E-state index is 12.0. The molecule has 1 amide bonds. The largest absolute Gasteiger partial charge is 0.392 e. The normalized spacial score (nSPS) is 25.0. The van der Waals surface area contributed by atoms with E-state index in [1.807, 2.05) is 24.3 Å². The molecule has 0 unspecified atom stereocenters. The van der Waals surface area contributed by atoms with Gasteiger partial charge in [0.05, 0.1) is 6.10 Å². The molecule has 0 aromatic heterocycles. The summed E-state index contributed by atoms with van der Waals surface area (Å²) in [5.74, 6) is -0.0564. The molecule has 1 aliphatic carbocycles. The summed E-state index contributed by atoms with van der Waals surface area (Å²) in [6.07, 6.45) is 2.10. The minimum absolute atomic E-state index is 0. The van der Waals surface area contributed by atoms with Crippen molar-refractivity contribution < 1.29 is 9.90 Å². The zero-order valence-electron chi connectivity index (χ0n) is 11.8. The number of aliphatic hydroxyl groups excluding tert-OH is 1. The second-order valence-electron chi connectivity index (χ2n) is 5.37. The highest BCUT2D eigenvalue weighted by Gasteiger charge is 2.30. The van der Waals surface area contributed by atoms with E-state index in [0.717, 1.165) is 10.6 Å². The molecule has 1 aromatic carbocycles. The quantitative estimate of drug-likeness (QED) is 0.788. The van der Waals surface area contributed by atoms with Crippen molar-refractivity contribution >= 4 is 29.9 Å². The van der Waals surface area contributed by atoms with Gasteiger partial charge in [-0.05, 0) is 37.3 Å². The fraction of sp³-hybridized carbons (Fsp3) is 0.533. The first-order valence-corrected chi connectivity index (χ1v) is 7.40. The van der Waals surface area contributed by atoms with Gasteiger partial charge in [0, 0.05) is 23.5 Å². The Morgan fingerprint density at radius 2 is 2.10 bits per heavy atom. The van der Waals surface area contributed by atoms with Gasteiger partial charge >= 0.3 is 0 Å². The Bertz CT molecular complexity index is 471. The van der Waals surface area contributed by atoms with Crippen molar-refractivity contribution in [2.24, 2.45) is 11.7 Å². The van der Waals surface area contributed by atoms with Crippen LogP contribution in [0.2, 0.25) is 5.02 Å². The predicted molar refractivity (Wildman–Crippen MR) is 86.7 cm³/mol. The lowest BCUT2D eigenvalue weighted by atomic mass is 9.83. The molecular formula is C15H22Cl2N2O2. The van der Waals surface area contributed by atoms with E-state index in [-0.39, 0.29) is 30.3 Å². The molecule has 0 heterocycles. The number of halogens is 2. The van der Waals surface area contributed by atoms with E-state index in [1.54, 1.807) is 0 Å². The van der Waals surface area contributed by atoms with Gasteiger partial charge < -0.3 is 16.2 Å². The number of nitrogens with two attached hydrogens (primary N) is 1. The molecule has 4 N–H and O–H groups in total. The van der Waals surface area contributed by atoms with Crippen LogP contribution in [0.4, 0.5) is 0 Å². The molecule has 0 radical (unpaired) electrons. The third-order valence-electron chi connectivity index (χ3n) is 3.88. The van der Waals surface area contributed by atoms with Crippen LogP contribution in [0.15, 0.2) is 24.3 Å². The highest BCUT2D eigenvalue weighted by Crippen LogP contribution is 2.23. The number of amides is 1. The number of benzene rings is 1. The molecule has 21 heavy (non-hydrogen) atoms. The molecule has 4 nitrogen and oxygen atoms in total. The molecule has 0 aliphatic heterocycles. The summed E-state index contributed by atoms with van der Waals surface area (Å²) < 4.78 is 0. The predicted octanol–water partition coefficient (Wildman–Crippen LogP) is 1.91. The lowest BCUT2D eigenvalue weighted by Gasteiger charge is -2.30. The third-order valence-corrected chi connectivity index (χ3v) is 4.25. The van der Waals surface area contributed by atoms with Crippen LogP contribution in [0.3, 0.4) is 0 Å². The number of nitrogens with one attached hydrogen (secondary N) is 1. The average molecular weight is 333 g/mol. The van der Waals surface area contributed by atoms with Gasteiger partial charge in [-0.2, -0.15) is 0 Å². The summed E-state index contributed by atoms with van der Waals surface area (Å²) in [6, 6.07) is 7.34. The molecule has 1 aromatic rings. The summed E-state index contributed by atoms with van der Waals surface area (Å²) >= 11 is 6.07. The first-order chi connectivity index (χ1) is 9.58. The second-order valence-corrected chi connectivity index (χ2v) is 5.78. The highest BCUT2D eigenvalue weighted by atomic mass is 35.5. The van der Waals surface area contributed by atoms with Crippen molar-refractivity contribution in [3.05, 3.63) is 34.9 Å². The van der Waals surface area contributed by atoms with Gasteiger partial charge in [0.25, 0.3) is 0 Å². The fourth-order valence-corrected chi connectivity index (χ4v) is 2.82. The van der Waals surface area contributed by atoms with E-state index in [1.165, 1.54) is 0 Å². The first kappa shape index (κ1) is 18.2. The Hall–Kier alpha value is -0.810. The van der Waals surface area contributed by atoms with Crippen molar-refractivity contribution in [1.29, 1.82) is 0 Å². The molecule has 0 bridgehead atoms. The van der Waals surface area contributed by atoms with Crippen LogP contribution < -0.4 is 11.1 Å². The molecule has 1 saturated carbocycles. The number of rotatable bonds is 4. The Labute approximate surface area is 136 Å². The second kappa shape index (κ2) is 8.59. The molecule has 3 atom stereocenters. The van der Waals surface area contributed by atoms with E-state index in [0.29, 0.717) is 32.2 Å². The van der Waals surface area contributed by atoms with Crippen LogP contribution in [-0.2, 0) is 11.2 Å². The summed E-state index contributed by atoms with van der Waals surface area (Å²) in [5.41, 5.74) is 6.83. The van der Waals surface area contributed by atoms with Gasteiger partial charge in [0.15, 0.2) is 0 Å². The molecule has 0 spiro atoms. The summed E-state index contributed by atoms with van der Waals surface area (Å²) in [5, 5.41) is 13.2. The van der Waals surface area contributed by atoms with Crippen LogP contribution in [0, 0.1) is 5.92 Å². The molecule has 1 fully saturated rings. The minimum atomic E-state index is -0.470. The summed E-state index contributed by atoms with van der Waals surface area (Å²) in [6.45, 7) is 0.566. The van der Waals surface area contributed by atoms with Gasteiger partial charge in [-0.25, -0.2) is 0 Å². The molecule has 0 saturated heterocycles. The maximum atomic E-state index is 12.0. The molecular weight excluding hydrogens is 311 g/mol. The molecule has 1 aliphatic rings. The Morgan fingerprint density at radius 1 is 1.38 bits per heavy atom. The van der Waals surface area contributed by atoms with Crippen molar-refractivity contribution in [3.8, 4) is 0 Å². The molecule has 2 rings (SSSR count). The van der Waals surface area contributed by atoms with Crippen molar-refractivity contribution in [3.63, 3.8) is 0 Å². The summed E-state index contributed by atoms with van der Waals surface area (Å²) in [7, 11) is 0. The van der Waals surface area contributed by atoms with E-state index in [9.17, 15) is 9.90 Å². The number of aliphatic hydroxyl groups is 1. The van der Waals surface area contributed by atoms with Crippen LogP contribution in [-0.4, -0.2) is 29.7 Å². The third kappa shape index (κ3) is 5.15. The monoisotopic (exact) mass is 332 g/mol. The van der Waals surface area contributed by atoms with Crippen LogP contribution >= 0.6 is 24.0 Å². The smallest absolute Gasteiger partial charge is 0.223 e. The lowest BCUT2D eigenvalue weighted by molar-refractivity contribution is -0.126. The van der Waals surface area contributed by atoms with Gasteiger partial charge in [-0.15, -0.1) is 12.4 Å². The minimum Gasteiger partial charge on any atom is -0.392 e. The number of carbonyl (C=O) groups is 1. The standard InChI is InChI=1S/C15H21ClN2O2.ClH/c16-12-4-2-1-3-10(12)7-8-18-15(20)11-5-6-14(19)13(17)9-11;/h1-4,11,13-14,19H,5-9,17H2,(H,18,20);1H/t11-,13+,14+;/m0./s1.